The van der Waals surface area contributed by atoms with E-state index in [2.05, 4.69) is 10.5 Å². The summed E-state index contributed by atoms with van der Waals surface area (Å²) >= 11 is 0. The molecule has 1 aromatic rings. The summed E-state index contributed by atoms with van der Waals surface area (Å²) in [7, 11) is 0. The first-order valence-corrected chi connectivity index (χ1v) is 8.89. The molecule has 0 bridgehead atoms. The van der Waals surface area contributed by atoms with E-state index in [9.17, 15) is 4.79 Å². The van der Waals surface area contributed by atoms with Crippen molar-refractivity contribution >= 4 is 6.09 Å². The molecule has 1 unspecified atom stereocenters. The van der Waals surface area contributed by atoms with Crippen LogP contribution < -0.4 is 5.32 Å². The number of ether oxygens (including phenoxy) is 1. The highest BCUT2D eigenvalue weighted by molar-refractivity contribution is 5.68. The molecule has 0 aromatic carbocycles. The summed E-state index contributed by atoms with van der Waals surface area (Å²) < 4.78 is 10.7. The van der Waals surface area contributed by atoms with Gasteiger partial charge in [-0.2, -0.15) is 0 Å². The van der Waals surface area contributed by atoms with E-state index in [0.717, 1.165) is 56.8 Å². The molecule has 1 N–H and O–H groups in total. The number of aryl methyl sites for hydroxylation is 2. The van der Waals surface area contributed by atoms with Gasteiger partial charge >= 0.3 is 6.09 Å². The molecule has 6 nitrogen and oxygen atoms in total. The molecule has 1 aliphatic heterocycles. The molecule has 1 atom stereocenters. The molecule has 136 valence electrons. The predicted molar refractivity (Wildman–Crippen MR) is 93.1 cm³/mol. The Morgan fingerprint density at radius 2 is 2.08 bits per heavy atom. The van der Waals surface area contributed by atoms with Crippen molar-refractivity contribution in [1.82, 2.24) is 15.4 Å². The fourth-order valence-corrected chi connectivity index (χ4v) is 3.07. The maximum Gasteiger partial charge on any atom is 0.410 e. The van der Waals surface area contributed by atoms with E-state index >= 15 is 0 Å². The molecule has 0 spiro atoms. The van der Waals surface area contributed by atoms with E-state index in [-0.39, 0.29) is 6.09 Å². The second-order valence-corrected chi connectivity index (χ2v) is 7.60. The predicted octanol–water partition coefficient (Wildman–Crippen LogP) is 3.21. The summed E-state index contributed by atoms with van der Waals surface area (Å²) in [6.45, 7) is 12.1. The maximum atomic E-state index is 12.2. The number of carbonyl (C=O) groups excluding carboxylic acids is 1. The SMILES string of the molecule is Cc1noc(C)c1CCNC1CCCN(C(=O)OC(C)(C)C)CC1. The highest BCUT2D eigenvalue weighted by Gasteiger charge is 2.25. The zero-order chi connectivity index (χ0) is 17.7. The van der Waals surface area contributed by atoms with Crippen molar-refractivity contribution in [2.24, 2.45) is 0 Å². The minimum atomic E-state index is -0.435. The third-order valence-electron chi connectivity index (χ3n) is 4.37. The molecule has 6 heteroatoms. The Hall–Kier alpha value is -1.56. The fourth-order valence-electron chi connectivity index (χ4n) is 3.07. The summed E-state index contributed by atoms with van der Waals surface area (Å²) in [6, 6.07) is 0.443. The maximum absolute atomic E-state index is 12.2. The second-order valence-electron chi connectivity index (χ2n) is 7.60. The van der Waals surface area contributed by atoms with E-state index in [0.29, 0.717) is 6.04 Å². The van der Waals surface area contributed by atoms with E-state index < -0.39 is 5.60 Å². The Bertz CT molecular complexity index is 529. The van der Waals surface area contributed by atoms with Gasteiger partial charge in [0.15, 0.2) is 0 Å². The number of aromatic nitrogens is 1. The van der Waals surface area contributed by atoms with Crippen LogP contribution in [0.3, 0.4) is 0 Å². The Kier molecular flexibility index (Phi) is 6.27. The standard InChI is InChI=1S/C18H31N3O3/c1-13-16(14(2)24-20-13)8-10-19-15-7-6-11-21(12-9-15)17(22)23-18(3,4)5/h15,19H,6-12H2,1-5H3. The van der Waals surface area contributed by atoms with Crippen LogP contribution in [0.1, 0.15) is 57.1 Å². The molecule has 2 heterocycles. The molecule has 0 aliphatic carbocycles. The number of amides is 1. The van der Waals surface area contributed by atoms with Crippen molar-refractivity contribution in [3.63, 3.8) is 0 Å². The van der Waals surface area contributed by atoms with Crippen LogP contribution in [0, 0.1) is 13.8 Å². The van der Waals surface area contributed by atoms with Crippen LogP contribution in [-0.2, 0) is 11.2 Å². The molecule has 1 saturated heterocycles. The van der Waals surface area contributed by atoms with E-state index in [1.165, 1.54) is 5.56 Å². The Labute approximate surface area is 144 Å². The summed E-state index contributed by atoms with van der Waals surface area (Å²) in [5.41, 5.74) is 1.74. The van der Waals surface area contributed by atoms with Gasteiger partial charge in [-0.15, -0.1) is 0 Å². The first kappa shape index (κ1) is 18.8. The van der Waals surface area contributed by atoms with Gasteiger partial charge in [-0.1, -0.05) is 5.16 Å². The Balaban J connectivity index is 1.76. The van der Waals surface area contributed by atoms with Crippen LogP contribution in [-0.4, -0.2) is 47.4 Å². The van der Waals surface area contributed by atoms with Gasteiger partial charge in [0.2, 0.25) is 0 Å². The molecule has 24 heavy (non-hydrogen) atoms. The number of carbonyl (C=O) groups is 1. The van der Waals surface area contributed by atoms with Gasteiger partial charge in [-0.25, -0.2) is 4.79 Å². The van der Waals surface area contributed by atoms with Crippen molar-refractivity contribution in [3.8, 4) is 0 Å². The second kappa shape index (κ2) is 8.01. The van der Waals surface area contributed by atoms with Crippen LogP contribution >= 0.6 is 0 Å². The van der Waals surface area contributed by atoms with Gasteiger partial charge < -0.3 is 19.5 Å². The Morgan fingerprint density at radius 3 is 2.71 bits per heavy atom. The van der Waals surface area contributed by atoms with Crippen molar-refractivity contribution in [2.45, 2.75) is 71.9 Å². The molecular weight excluding hydrogens is 306 g/mol. The highest BCUT2D eigenvalue weighted by atomic mass is 16.6. The lowest BCUT2D eigenvalue weighted by molar-refractivity contribution is 0.0256. The normalized spacial score (nSPS) is 19.2. The van der Waals surface area contributed by atoms with Gasteiger partial charge in [-0.05, 0) is 66.8 Å². The Morgan fingerprint density at radius 1 is 1.33 bits per heavy atom. The van der Waals surface area contributed by atoms with Gasteiger partial charge in [0.1, 0.15) is 11.4 Å². The van der Waals surface area contributed by atoms with Crippen LogP contribution in [0.2, 0.25) is 0 Å². The van der Waals surface area contributed by atoms with E-state index in [4.69, 9.17) is 9.26 Å². The van der Waals surface area contributed by atoms with Crippen LogP contribution in [0.4, 0.5) is 4.79 Å². The molecule has 0 radical (unpaired) electrons. The molecule has 1 amide bonds. The zero-order valence-corrected chi connectivity index (χ0v) is 15.6. The molecule has 1 aromatic heterocycles. The van der Waals surface area contributed by atoms with Crippen molar-refractivity contribution in [3.05, 3.63) is 17.0 Å². The average Bonchev–Trinajstić information content (AvgIpc) is 2.69. The summed E-state index contributed by atoms with van der Waals surface area (Å²) in [4.78, 5) is 14.0. The zero-order valence-electron chi connectivity index (χ0n) is 15.6. The molecule has 0 saturated carbocycles. The van der Waals surface area contributed by atoms with E-state index in [1.54, 1.807) is 0 Å². The molecule has 1 fully saturated rings. The number of hydrogen-bond acceptors (Lipinski definition) is 5. The number of likely N-dealkylation sites (tertiary alicyclic amines) is 1. The summed E-state index contributed by atoms with van der Waals surface area (Å²) in [5, 5.41) is 7.61. The third kappa shape index (κ3) is 5.51. The summed E-state index contributed by atoms with van der Waals surface area (Å²) in [6.07, 6.45) is 3.77. The first-order chi connectivity index (χ1) is 11.3. The topological polar surface area (TPSA) is 67.6 Å². The van der Waals surface area contributed by atoms with E-state index in [1.807, 2.05) is 39.5 Å². The lowest BCUT2D eigenvalue weighted by Crippen LogP contribution is -2.38. The number of hydrogen-bond donors (Lipinski definition) is 1. The minimum Gasteiger partial charge on any atom is -0.444 e. The van der Waals surface area contributed by atoms with Crippen molar-refractivity contribution in [1.29, 1.82) is 0 Å². The van der Waals surface area contributed by atoms with Gasteiger partial charge in [0.05, 0.1) is 5.69 Å². The lowest BCUT2D eigenvalue weighted by atomic mass is 10.1. The van der Waals surface area contributed by atoms with Crippen molar-refractivity contribution in [2.75, 3.05) is 19.6 Å². The number of rotatable bonds is 4. The number of nitrogens with zero attached hydrogens (tertiary/aromatic N) is 2. The van der Waals surface area contributed by atoms with Crippen LogP contribution in [0.25, 0.3) is 0 Å². The van der Waals surface area contributed by atoms with Gasteiger partial charge in [0, 0.05) is 24.7 Å². The molecular formula is C18H31N3O3. The quantitative estimate of drug-likeness (QED) is 0.914. The lowest BCUT2D eigenvalue weighted by Gasteiger charge is -2.26. The molecule has 2 rings (SSSR count). The molecule has 1 aliphatic rings. The van der Waals surface area contributed by atoms with Crippen LogP contribution in [0.15, 0.2) is 4.52 Å². The fraction of sp³-hybridized carbons (Fsp3) is 0.778. The minimum absolute atomic E-state index is 0.195. The van der Waals surface area contributed by atoms with Gasteiger partial charge in [0.25, 0.3) is 0 Å². The smallest absolute Gasteiger partial charge is 0.410 e. The average molecular weight is 337 g/mol. The largest absolute Gasteiger partial charge is 0.444 e. The monoisotopic (exact) mass is 337 g/mol. The first-order valence-electron chi connectivity index (χ1n) is 8.89. The van der Waals surface area contributed by atoms with Gasteiger partial charge in [-0.3, -0.25) is 0 Å². The summed E-state index contributed by atoms with van der Waals surface area (Å²) in [5.74, 6) is 0.909. The van der Waals surface area contributed by atoms with Crippen LogP contribution in [0.5, 0.6) is 0 Å². The third-order valence-corrected chi connectivity index (χ3v) is 4.37. The highest BCUT2D eigenvalue weighted by Crippen LogP contribution is 2.16. The van der Waals surface area contributed by atoms with Crippen molar-refractivity contribution < 1.29 is 14.1 Å². The number of nitrogens with one attached hydrogen (secondary N) is 1.